The maximum atomic E-state index is 3.48. The van der Waals surface area contributed by atoms with Crippen molar-refractivity contribution in [3.8, 4) is 0 Å². The summed E-state index contributed by atoms with van der Waals surface area (Å²) in [4.78, 5) is 2.61. The largest absolute Gasteiger partial charge is 0.315 e. The topological polar surface area (TPSA) is 15.3 Å². The molecule has 0 aliphatic rings. The van der Waals surface area contributed by atoms with E-state index in [9.17, 15) is 0 Å². The Balaban J connectivity index is 4.26. The summed E-state index contributed by atoms with van der Waals surface area (Å²) >= 11 is 0. The monoisotopic (exact) mass is 214 g/mol. The Morgan fingerprint density at radius 3 is 2.00 bits per heavy atom. The van der Waals surface area contributed by atoms with Crippen molar-refractivity contribution in [3.05, 3.63) is 0 Å². The van der Waals surface area contributed by atoms with Crippen LogP contribution in [-0.4, -0.2) is 37.1 Å². The fraction of sp³-hybridized carbons (Fsp3) is 1.00. The van der Waals surface area contributed by atoms with Crippen LogP contribution in [0.25, 0.3) is 0 Å². The minimum absolute atomic E-state index is 0.678. The van der Waals surface area contributed by atoms with Crippen LogP contribution in [0.1, 0.15) is 41.5 Å². The molecule has 0 radical (unpaired) electrons. The predicted octanol–water partition coefficient (Wildman–Crippen LogP) is 2.60. The molecule has 1 atom stereocenters. The number of likely N-dealkylation sites (N-methyl/N-ethyl adjacent to an activating group) is 2. The van der Waals surface area contributed by atoms with Gasteiger partial charge < -0.3 is 5.32 Å². The molecule has 0 aromatic heterocycles. The molecule has 0 aliphatic heterocycles. The highest BCUT2D eigenvalue weighted by molar-refractivity contribution is 4.77. The third-order valence-corrected chi connectivity index (χ3v) is 2.85. The lowest BCUT2D eigenvalue weighted by Crippen LogP contribution is -2.47. The number of nitrogens with zero attached hydrogens (tertiary/aromatic N) is 1. The van der Waals surface area contributed by atoms with Crippen LogP contribution in [0.3, 0.4) is 0 Å². The first-order valence-corrected chi connectivity index (χ1v) is 6.47. The van der Waals surface area contributed by atoms with Gasteiger partial charge in [-0.15, -0.1) is 0 Å². The average molecular weight is 214 g/mol. The van der Waals surface area contributed by atoms with Gasteiger partial charge in [-0.3, -0.25) is 4.90 Å². The first-order chi connectivity index (χ1) is 7.02. The van der Waals surface area contributed by atoms with E-state index in [0.29, 0.717) is 6.04 Å². The third kappa shape index (κ3) is 6.16. The summed E-state index contributed by atoms with van der Waals surface area (Å²) in [5.41, 5.74) is 0. The fourth-order valence-electron chi connectivity index (χ4n) is 2.05. The van der Waals surface area contributed by atoms with E-state index >= 15 is 0 Å². The van der Waals surface area contributed by atoms with Gasteiger partial charge in [0, 0.05) is 19.1 Å². The highest BCUT2D eigenvalue weighted by Gasteiger charge is 2.20. The van der Waals surface area contributed by atoms with Gasteiger partial charge in [0.15, 0.2) is 0 Å². The molecular weight excluding hydrogens is 184 g/mol. The van der Waals surface area contributed by atoms with Crippen molar-refractivity contribution in [1.82, 2.24) is 10.2 Å². The standard InChI is InChI=1S/C13H30N2/c1-7-14-9-13(12(5)6)15(8-2)10-11(3)4/h11-14H,7-10H2,1-6H3. The molecule has 2 heteroatoms. The molecule has 0 heterocycles. The second kappa shape index (κ2) is 8.12. The molecule has 0 saturated heterocycles. The van der Waals surface area contributed by atoms with Crippen molar-refractivity contribution < 1.29 is 0 Å². The van der Waals surface area contributed by atoms with Gasteiger partial charge in [-0.25, -0.2) is 0 Å². The molecule has 0 saturated carbocycles. The smallest absolute Gasteiger partial charge is 0.0243 e. The number of hydrogen-bond acceptors (Lipinski definition) is 2. The summed E-state index contributed by atoms with van der Waals surface area (Å²) < 4.78 is 0. The lowest BCUT2D eigenvalue weighted by atomic mass is 10.0. The third-order valence-electron chi connectivity index (χ3n) is 2.85. The Bertz CT molecular complexity index is 143. The van der Waals surface area contributed by atoms with Gasteiger partial charge in [0.25, 0.3) is 0 Å². The zero-order valence-electron chi connectivity index (χ0n) is 11.5. The first-order valence-electron chi connectivity index (χ1n) is 6.47. The molecule has 92 valence electrons. The van der Waals surface area contributed by atoms with Crippen LogP contribution in [-0.2, 0) is 0 Å². The molecule has 0 bridgehead atoms. The van der Waals surface area contributed by atoms with Crippen molar-refractivity contribution >= 4 is 0 Å². The molecule has 0 fully saturated rings. The van der Waals surface area contributed by atoms with E-state index in [1.54, 1.807) is 0 Å². The molecular formula is C13H30N2. The van der Waals surface area contributed by atoms with Crippen LogP contribution in [0, 0.1) is 11.8 Å². The van der Waals surface area contributed by atoms with Crippen molar-refractivity contribution in [2.45, 2.75) is 47.6 Å². The second-order valence-electron chi connectivity index (χ2n) is 5.10. The van der Waals surface area contributed by atoms with E-state index in [1.165, 1.54) is 6.54 Å². The lowest BCUT2D eigenvalue weighted by molar-refractivity contribution is 0.143. The minimum Gasteiger partial charge on any atom is -0.315 e. The van der Waals surface area contributed by atoms with E-state index in [2.05, 4.69) is 51.8 Å². The van der Waals surface area contributed by atoms with E-state index < -0.39 is 0 Å². The second-order valence-corrected chi connectivity index (χ2v) is 5.10. The van der Waals surface area contributed by atoms with Gasteiger partial charge in [-0.1, -0.05) is 41.5 Å². The zero-order valence-corrected chi connectivity index (χ0v) is 11.5. The molecule has 0 aliphatic carbocycles. The predicted molar refractivity (Wildman–Crippen MR) is 69.3 cm³/mol. The summed E-state index contributed by atoms with van der Waals surface area (Å²) in [5, 5.41) is 3.48. The Labute approximate surface area is 96.4 Å². The Morgan fingerprint density at radius 2 is 1.67 bits per heavy atom. The normalized spacial score (nSPS) is 14.2. The van der Waals surface area contributed by atoms with E-state index in [-0.39, 0.29) is 0 Å². The Hall–Kier alpha value is -0.0800. The maximum absolute atomic E-state index is 3.48. The first kappa shape index (κ1) is 14.9. The summed E-state index contributed by atoms with van der Waals surface area (Å²) in [5.74, 6) is 1.48. The van der Waals surface area contributed by atoms with Gasteiger partial charge in [0.05, 0.1) is 0 Å². The molecule has 1 N–H and O–H groups in total. The molecule has 0 aromatic carbocycles. The minimum atomic E-state index is 0.678. The average Bonchev–Trinajstić information content (AvgIpc) is 2.15. The van der Waals surface area contributed by atoms with Gasteiger partial charge in [0.1, 0.15) is 0 Å². The van der Waals surface area contributed by atoms with Gasteiger partial charge >= 0.3 is 0 Å². The van der Waals surface area contributed by atoms with Crippen LogP contribution in [0.4, 0.5) is 0 Å². The molecule has 1 unspecified atom stereocenters. The Kier molecular flexibility index (Phi) is 8.07. The Morgan fingerprint density at radius 1 is 1.07 bits per heavy atom. The number of nitrogens with one attached hydrogen (secondary N) is 1. The summed E-state index contributed by atoms with van der Waals surface area (Å²) in [6, 6.07) is 0.678. The van der Waals surface area contributed by atoms with Crippen molar-refractivity contribution in [3.63, 3.8) is 0 Å². The fourth-order valence-corrected chi connectivity index (χ4v) is 2.05. The summed E-state index contributed by atoms with van der Waals surface area (Å²) in [6.45, 7) is 18.3. The van der Waals surface area contributed by atoms with Crippen LogP contribution < -0.4 is 5.32 Å². The van der Waals surface area contributed by atoms with E-state index in [1.807, 2.05) is 0 Å². The van der Waals surface area contributed by atoms with E-state index in [4.69, 9.17) is 0 Å². The highest BCUT2D eigenvalue weighted by atomic mass is 15.2. The van der Waals surface area contributed by atoms with Crippen molar-refractivity contribution in [1.29, 1.82) is 0 Å². The van der Waals surface area contributed by atoms with Crippen LogP contribution in [0.15, 0.2) is 0 Å². The van der Waals surface area contributed by atoms with Crippen molar-refractivity contribution in [2.24, 2.45) is 11.8 Å². The van der Waals surface area contributed by atoms with Crippen LogP contribution >= 0.6 is 0 Å². The zero-order chi connectivity index (χ0) is 11.8. The van der Waals surface area contributed by atoms with Gasteiger partial charge in [-0.05, 0) is 24.9 Å². The molecule has 0 amide bonds. The van der Waals surface area contributed by atoms with Gasteiger partial charge in [-0.2, -0.15) is 0 Å². The van der Waals surface area contributed by atoms with Crippen molar-refractivity contribution in [2.75, 3.05) is 26.2 Å². The summed E-state index contributed by atoms with van der Waals surface area (Å²) in [6.07, 6.45) is 0. The SMILES string of the molecule is CCNCC(C(C)C)N(CC)CC(C)C. The number of rotatable bonds is 8. The summed E-state index contributed by atoms with van der Waals surface area (Å²) in [7, 11) is 0. The molecule has 0 aromatic rings. The molecule has 15 heavy (non-hydrogen) atoms. The van der Waals surface area contributed by atoms with E-state index in [0.717, 1.165) is 31.5 Å². The number of hydrogen-bond donors (Lipinski definition) is 1. The molecule has 2 nitrogen and oxygen atoms in total. The quantitative estimate of drug-likeness (QED) is 0.668. The molecule has 0 rings (SSSR count). The van der Waals surface area contributed by atoms with Crippen LogP contribution in [0.2, 0.25) is 0 Å². The molecule has 0 spiro atoms. The lowest BCUT2D eigenvalue weighted by Gasteiger charge is -2.35. The maximum Gasteiger partial charge on any atom is 0.0243 e. The van der Waals surface area contributed by atoms with Gasteiger partial charge in [0.2, 0.25) is 0 Å². The highest BCUT2D eigenvalue weighted by Crippen LogP contribution is 2.12. The van der Waals surface area contributed by atoms with Crippen LogP contribution in [0.5, 0.6) is 0 Å².